The Morgan fingerprint density at radius 3 is 3.17 bits per heavy atom. The van der Waals surface area contributed by atoms with E-state index in [1.807, 2.05) is 0 Å². The molecule has 6 heteroatoms. The average molecular weight is 173 g/mol. The normalized spacial score (nSPS) is 12.5. The second-order valence-electron chi connectivity index (χ2n) is 2.32. The molecular formula is C6H8FN3O2. The van der Waals surface area contributed by atoms with Gasteiger partial charge in [-0.3, -0.25) is 4.79 Å². The van der Waals surface area contributed by atoms with E-state index in [1.165, 1.54) is 6.20 Å². The minimum absolute atomic E-state index is 0.0512. The van der Waals surface area contributed by atoms with E-state index in [4.69, 9.17) is 0 Å². The second-order valence-corrected chi connectivity index (χ2v) is 2.32. The van der Waals surface area contributed by atoms with Gasteiger partial charge in [-0.2, -0.15) is 0 Å². The largest absolute Gasteiger partial charge is 0.345 e. The lowest BCUT2D eigenvalue weighted by Gasteiger charge is -2.06. The van der Waals surface area contributed by atoms with Crippen molar-refractivity contribution in [2.75, 3.05) is 6.67 Å². The van der Waals surface area contributed by atoms with Gasteiger partial charge in [-0.15, -0.1) is 0 Å². The molecule has 1 atom stereocenters. The van der Waals surface area contributed by atoms with Crippen LogP contribution in [-0.4, -0.2) is 28.9 Å². The van der Waals surface area contributed by atoms with Crippen LogP contribution in [0, 0.1) is 0 Å². The van der Waals surface area contributed by atoms with Gasteiger partial charge in [-0.1, -0.05) is 5.16 Å². The molecule has 12 heavy (non-hydrogen) atoms. The number of hydrogen-bond acceptors (Lipinski definition) is 4. The van der Waals surface area contributed by atoms with Crippen LogP contribution in [-0.2, 0) is 0 Å². The van der Waals surface area contributed by atoms with Crippen LogP contribution < -0.4 is 5.32 Å². The molecule has 1 amide bonds. The third kappa shape index (κ3) is 2.01. The van der Waals surface area contributed by atoms with Crippen LogP contribution in [0.2, 0.25) is 0 Å². The van der Waals surface area contributed by atoms with E-state index in [9.17, 15) is 9.18 Å². The lowest BCUT2D eigenvalue weighted by atomic mass is 10.3. The maximum absolute atomic E-state index is 11.9. The smallest absolute Gasteiger partial charge is 0.275 e. The van der Waals surface area contributed by atoms with Gasteiger partial charge < -0.3 is 5.32 Å². The maximum Gasteiger partial charge on any atom is 0.275 e. The summed E-state index contributed by atoms with van der Waals surface area (Å²) >= 11 is 0. The second kappa shape index (κ2) is 3.80. The van der Waals surface area contributed by atoms with Crippen molar-refractivity contribution in [3.8, 4) is 0 Å². The van der Waals surface area contributed by atoms with Gasteiger partial charge in [0.05, 0.1) is 6.04 Å². The van der Waals surface area contributed by atoms with Crippen molar-refractivity contribution in [1.29, 1.82) is 0 Å². The van der Waals surface area contributed by atoms with Gasteiger partial charge in [-0.05, 0) is 12.1 Å². The number of halogens is 1. The van der Waals surface area contributed by atoms with E-state index in [1.54, 1.807) is 6.92 Å². The number of nitrogens with one attached hydrogen (secondary N) is 1. The van der Waals surface area contributed by atoms with E-state index in [2.05, 4.69) is 20.3 Å². The SMILES string of the molecule is CC(CF)NC(=O)c1cnon1. The van der Waals surface area contributed by atoms with Crippen LogP contribution >= 0.6 is 0 Å². The number of nitrogens with zero attached hydrogens (tertiary/aromatic N) is 2. The van der Waals surface area contributed by atoms with Gasteiger partial charge in [0.15, 0.2) is 5.69 Å². The third-order valence-corrected chi connectivity index (χ3v) is 1.20. The predicted octanol–water partition coefficient (Wildman–Crippen LogP) is 0.157. The van der Waals surface area contributed by atoms with Crippen LogP contribution in [0.4, 0.5) is 4.39 Å². The molecule has 0 aliphatic rings. The first-order valence-electron chi connectivity index (χ1n) is 3.38. The van der Waals surface area contributed by atoms with Gasteiger partial charge in [0.2, 0.25) is 0 Å². The topological polar surface area (TPSA) is 68.0 Å². The van der Waals surface area contributed by atoms with Crippen LogP contribution in [0.5, 0.6) is 0 Å². The highest BCUT2D eigenvalue weighted by Gasteiger charge is 2.12. The van der Waals surface area contributed by atoms with Gasteiger partial charge in [0.25, 0.3) is 5.91 Å². The lowest BCUT2D eigenvalue weighted by molar-refractivity contribution is 0.0924. The number of aromatic nitrogens is 2. The summed E-state index contributed by atoms with van der Waals surface area (Å²) in [5.74, 6) is -0.485. The fourth-order valence-corrected chi connectivity index (χ4v) is 0.601. The van der Waals surface area contributed by atoms with Crippen molar-refractivity contribution in [3.63, 3.8) is 0 Å². The molecule has 0 spiro atoms. The molecule has 0 aliphatic heterocycles. The zero-order valence-corrected chi connectivity index (χ0v) is 6.45. The Labute approximate surface area is 67.9 Å². The van der Waals surface area contributed by atoms with Crippen LogP contribution in [0.1, 0.15) is 17.4 Å². The zero-order valence-electron chi connectivity index (χ0n) is 6.45. The van der Waals surface area contributed by atoms with Crippen molar-refractivity contribution >= 4 is 5.91 Å². The summed E-state index contributed by atoms with van der Waals surface area (Å²) in [6.07, 6.45) is 1.17. The Balaban J connectivity index is 2.50. The summed E-state index contributed by atoms with van der Waals surface area (Å²) in [5.41, 5.74) is 0.0512. The first kappa shape index (κ1) is 8.63. The Bertz CT molecular complexity index is 249. The van der Waals surface area contributed by atoms with E-state index >= 15 is 0 Å². The molecule has 0 saturated carbocycles. The highest BCUT2D eigenvalue weighted by Crippen LogP contribution is 1.92. The Hall–Kier alpha value is -1.46. The molecule has 0 fully saturated rings. The zero-order chi connectivity index (χ0) is 8.97. The molecule has 0 aromatic carbocycles. The average Bonchev–Trinajstić information content (AvgIpc) is 2.56. The van der Waals surface area contributed by atoms with Crippen molar-refractivity contribution in [3.05, 3.63) is 11.9 Å². The number of alkyl halides is 1. The summed E-state index contributed by atoms with van der Waals surface area (Å²) < 4.78 is 16.1. The quantitative estimate of drug-likeness (QED) is 0.706. The number of amides is 1. The molecule has 1 unspecified atom stereocenters. The van der Waals surface area contributed by atoms with Crippen molar-refractivity contribution < 1.29 is 13.8 Å². The van der Waals surface area contributed by atoms with Crippen molar-refractivity contribution in [2.45, 2.75) is 13.0 Å². The highest BCUT2D eigenvalue weighted by molar-refractivity contribution is 5.91. The van der Waals surface area contributed by atoms with Crippen LogP contribution in [0.15, 0.2) is 10.8 Å². The van der Waals surface area contributed by atoms with E-state index in [-0.39, 0.29) is 5.69 Å². The lowest BCUT2D eigenvalue weighted by Crippen LogP contribution is -2.34. The molecule has 1 aromatic rings. The molecule has 1 aromatic heterocycles. The monoisotopic (exact) mass is 173 g/mol. The first-order chi connectivity index (χ1) is 5.74. The van der Waals surface area contributed by atoms with Crippen LogP contribution in [0.3, 0.4) is 0 Å². The molecule has 1 N–H and O–H groups in total. The Morgan fingerprint density at radius 1 is 1.92 bits per heavy atom. The van der Waals surface area contributed by atoms with Crippen molar-refractivity contribution in [2.24, 2.45) is 0 Å². The minimum atomic E-state index is -0.614. The van der Waals surface area contributed by atoms with Crippen LogP contribution in [0.25, 0.3) is 0 Å². The van der Waals surface area contributed by atoms with E-state index in [0.29, 0.717) is 0 Å². The van der Waals surface area contributed by atoms with E-state index < -0.39 is 18.6 Å². The fourth-order valence-electron chi connectivity index (χ4n) is 0.601. The maximum atomic E-state index is 11.9. The minimum Gasteiger partial charge on any atom is -0.345 e. The summed E-state index contributed by atoms with van der Waals surface area (Å²) in [5, 5.41) is 8.87. The number of rotatable bonds is 3. The molecule has 0 bridgehead atoms. The number of hydrogen-bond donors (Lipinski definition) is 1. The van der Waals surface area contributed by atoms with Gasteiger partial charge in [0, 0.05) is 0 Å². The third-order valence-electron chi connectivity index (χ3n) is 1.20. The first-order valence-corrected chi connectivity index (χ1v) is 3.38. The Kier molecular flexibility index (Phi) is 2.73. The standard InChI is InChI=1S/C6H8FN3O2/c1-4(2-7)9-6(11)5-3-8-12-10-5/h3-4H,2H2,1H3,(H,9,11). The fraction of sp³-hybridized carbons (Fsp3) is 0.500. The summed E-state index contributed by atoms with van der Waals surface area (Å²) in [4.78, 5) is 11.0. The number of carbonyl (C=O) groups is 1. The summed E-state index contributed by atoms with van der Waals surface area (Å²) in [7, 11) is 0. The number of carbonyl (C=O) groups excluding carboxylic acids is 1. The molecular weight excluding hydrogens is 165 g/mol. The molecule has 1 rings (SSSR count). The van der Waals surface area contributed by atoms with Gasteiger partial charge in [-0.25, -0.2) is 9.02 Å². The molecule has 0 radical (unpaired) electrons. The predicted molar refractivity (Wildman–Crippen MR) is 37.2 cm³/mol. The van der Waals surface area contributed by atoms with Gasteiger partial charge >= 0.3 is 0 Å². The molecule has 1 heterocycles. The molecule has 0 saturated heterocycles. The molecule has 0 aliphatic carbocycles. The Morgan fingerprint density at radius 2 is 2.67 bits per heavy atom. The van der Waals surface area contributed by atoms with Gasteiger partial charge in [0.1, 0.15) is 12.9 Å². The summed E-state index contributed by atoms with van der Waals surface area (Å²) in [6, 6.07) is -0.519. The molecule has 5 nitrogen and oxygen atoms in total. The van der Waals surface area contributed by atoms with Crippen molar-refractivity contribution in [1.82, 2.24) is 15.6 Å². The summed E-state index contributed by atoms with van der Waals surface area (Å²) in [6.45, 7) is 0.933. The molecule has 66 valence electrons. The van der Waals surface area contributed by atoms with E-state index in [0.717, 1.165) is 0 Å². The highest BCUT2D eigenvalue weighted by atomic mass is 19.1.